The lowest BCUT2D eigenvalue weighted by Gasteiger charge is -2.01. The van der Waals surface area contributed by atoms with Crippen LogP contribution in [0, 0.1) is 0 Å². The van der Waals surface area contributed by atoms with Gasteiger partial charge in [-0.25, -0.2) is 20.8 Å². The van der Waals surface area contributed by atoms with Gasteiger partial charge in [-0.05, 0) is 30.0 Å². The van der Waals surface area contributed by atoms with Crippen LogP contribution in [0.15, 0.2) is 46.8 Å². The lowest BCUT2D eigenvalue weighted by atomic mass is 10.5. The van der Waals surface area contributed by atoms with Gasteiger partial charge in [0.05, 0.1) is 0 Å². The van der Waals surface area contributed by atoms with E-state index in [4.69, 9.17) is 5.84 Å². The van der Waals surface area contributed by atoms with E-state index in [-0.39, 0.29) is 0 Å². The number of rotatable bonds is 3. The van der Waals surface area contributed by atoms with Crippen LogP contribution in [0.2, 0.25) is 0 Å². The van der Waals surface area contributed by atoms with E-state index in [2.05, 4.69) is 20.4 Å². The SMILES string of the molecule is NNc1cc(Sc2ncccn2)ccn1. The van der Waals surface area contributed by atoms with E-state index < -0.39 is 0 Å². The summed E-state index contributed by atoms with van der Waals surface area (Å²) in [5.74, 6) is 5.88. The highest BCUT2D eigenvalue weighted by molar-refractivity contribution is 7.99. The van der Waals surface area contributed by atoms with E-state index in [0.717, 1.165) is 4.90 Å². The molecule has 3 N–H and O–H groups in total. The van der Waals surface area contributed by atoms with Gasteiger partial charge in [0.1, 0.15) is 5.82 Å². The van der Waals surface area contributed by atoms with Gasteiger partial charge in [0, 0.05) is 23.5 Å². The van der Waals surface area contributed by atoms with Crippen LogP contribution in [0.5, 0.6) is 0 Å². The van der Waals surface area contributed by atoms with Gasteiger partial charge in [0.25, 0.3) is 0 Å². The normalized spacial score (nSPS) is 9.93. The van der Waals surface area contributed by atoms with E-state index in [1.807, 2.05) is 12.1 Å². The average Bonchev–Trinajstić information content (AvgIpc) is 2.31. The molecule has 6 heteroatoms. The number of hydrogen-bond donors (Lipinski definition) is 2. The van der Waals surface area contributed by atoms with Gasteiger partial charge >= 0.3 is 0 Å². The van der Waals surface area contributed by atoms with Gasteiger partial charge in [0.2, 0.25) is 0 Å². The molecule has 76 valence electrons. The summed E-state index contributed by atoms with van der Waals surface area (Å²) in [6.45, 7) is 0. The Bertz CT molecular complexity index is 434. The number of hydrazine groups is 1. The monoisotopic (exact) mass is 219 g/mol. The lowest BCUT2D eigenvalue weighted by Crippen LogP contribution is -2.07. The number of anilines is 1. The topological polar surface area (TPSA) is 76.7 Å². The maximum atomic E-state index is 5.26. The Morgan fingerprint density at radius 3 is 2.67 bits per heavy atom. The van der Waals surface area contributed by atoms with Crippen LogP contribution in [-0.2, 0) is 0 Å². The van der Waals surface area contributed by atoms with Gasteiger partial charge in [-0.15, -0.1) is 0 Å². The summed E-state index contributed by atoms with van der Waals surface area (Å²) in [5, 5.41) is 0.701. The third-order valence-electron chi connectivity index (χ3n) is 1.63. The number of nitrogens with one attached hydrogen (secondary N) is 1. The summed E-state index contributed by atoms with van der Waals surface area (Å²) < 4.78 is 0. The van der Waals surface area contributed by atoms with E-state index >= 15 is 0 Å². The fourth-order valence-corrected chi connectivity index (χ4v) is 1.73. The van der Waals surface area contributed by atoms with Crippen LogP contribution in [0.4, 0.5) is 5.82 Å². The van der Waals surface area contributed by atoms with Crippen molar-refractivity contribution in [2.45, 2.75) is 10.1 Å². The van der Waals surface area contributed by atoms with Crippen molar-refractivity contribution in [2.24, 2.45) is 5.84 Å². The Kier molecular flexibility index (Phi) is 3.11. The molecule has 2 aromatic rings. The fourth-order valence-electron chi connectivity index (χ4n) is 0.997. The molecule has 0 fully saturated rings. The molecule has 2 rings (SSSR count). The molecule has 2 aromatic heterocycles. The second kappa shape index (κ2) is 4.72. The Morgan fingerprint density at radius 1 is 1.13 bits per heavy atom. The standard InChI is InChI=1S/C9H9N5S/c10-14-8-6-7(2-5-11-8)15-9-12-3-1-4-13-9/h1-6H,10H2,(H,11,14). The van der Waals surface area contributed by atoms with Crippen molar-refractivity contribution in [1.82, 2.24) is 15.0 Å². The summed E-state index contributed by atoms with van der Waals surface area (Å²) in [7, 11) is 0. The molecule has 0 aliphatic heterocycles. The van der Waals surface area contributed by atoms with E-state index in [0.29, 0.717) is 11.0 Å². The Morgan fingerprint density at radius 2 is 1.93 bits per heavy atom. The van der Waals surface area contributed by atoms with Crippen LogP contribution in [-0.4, -0.2) is 15.0 Å². The highest BCUT2D eigenvalue weighted by atomic mass is 32.2. The summed E-state index contributed by atoms with van der Waals surface area (Å²) in [4.78, 5) is 13.2. The molecular formula is C9H9N5S. The zero-order valence-electron chi connectivity index (χ0n) is 7.79. The molecule has 0 unspecified atom stereocenters. The highest BCUT2D eigenvalue weighted by Crippen LogP contribution is 2.24. The van der Waals surface area contributed by atoms with Gasteiger partial charge in [-0.2, -0.15) is 0 Å². The molecule has 0 spiro atoms. The number of nitrogens with two attached hydrogens (primary N) is 1. The van der Waals surface area contributed by atoms with Crippen molar-refractivity contribution in [1.29, 1.82) is 0 Å². The third-order valence-corrected chi connectivity index (χ3v) is 2.51. The first-order chi connectivity index (χ1) is 7.38. The number of pyridine rings is 1. The first-order valence-electron chi connectivity index (χ1n) is 4.26. The van der Waals surface area contributed by atoms with Crippen LogP contribution in [0.3, 0.4) is 0 Å². The van der Waals surface area contributed by atoms with E-state index in [1.54, 1.807) is 24.7 Å². The molecule has 5 nitrogen and oxygen atoms in total. The maximum Gasteiger partial charge on any atom is 0.192 e. The van der Waals surface area contributed by atoms with Crippen molar-refractivity contribution in [3.63, 3.8) is 0 Å². The van der Waals surface area contributed by atoms with Crippen molar-refractivity contribution in [2.75, 3.05) is 5.43 Å². The minimum Gasteiger partial charge on any atom is -0.308 e. The van der Waals surface area contributed by atoms with Gasteiger partial charge in [-0.1, -0.05) is 0 Å². The minimum absolute atomic E-state index is 0.621. The quantitative estimate of drug-likeness (QED) is 0.460. The van der Waals surface area contributed by atoms with Crippen LogP contribution >= 0.6 is 11.8 Å². The lowest BCUT2D eigenvalue weighted by molar-refractivity contribution is 0.966. The molecule has 0 amide bonds. The van der Waals surface area contributed by atoms with Gasteiger partial charge < -0.3 is 5.43 Å². The predicted molar refractivity (Wildman–Crippen MR) is 58.2 cm³/mol. The second-order valence-corrected chi connectivity index (χ2v) is 3.70. The molecule has 0 bridgehead atoms. The molecule has 0 atom stereocenters. The second-order valence-electron chi connectivity index (χ2n) is 2.65. The number of nitrogens with zero attached hydrogens (tertiary/aromatic N) is 3. The largest absolute Gasteiger partial charge is 0.308 e. The summed E-state index contributed by atoms with van der Waals surface area (Å²) >= 11 is 1.46. The van der Waals surface area contributed by atoms with E-state index in [1.165, 1.54) is 11.8 Å². The molecule has 0 aliphatic rings. The fraction of sp³-hybridized carbons (Fsp3) is 0. The first kappa shape index (κ1) is 9.88. The van der Waals surface area contributed by atoms with Gasteiger partial charge in [0.15, 0.2) is 5.16 Å². The zero-order chi connectivity index (χ0) is 10.5. The Labute approximate surface area is 91.1 Å². The number of aromatic nitrogens is 3. The average molecular weight is 219 g/mol. The molecule has 15 heavy (non-hydrogen) atoms. The van der Waals surface area contributed by atoms with Crippen LogP contribution in [0.25, 0.3) is 0 Å². The molecule has 2 heterocycles. The first-order valence-corrected chi connectivity index (χ1v) is 5.07. The van der Waals surface area contributed by atoms with Crippen LogP contribution < -0.4 is 11.3 Å². The predicted octanol–water partition coefficient (Wildman–Crippen LogP) is 1.31. The Balaban J connectivity index is 2.17. The molecule has 0 saturated heterocycles. The van der Waals surface area contributed by atoms with E-state index in [9.17, 15) is 0 Å². The molecule has 0 aliphatic carbocycles. The highest BCUT2D eigenvalue weighted by Gasteiger charge is 2.00. The molecule has 0 radical (unpaired) electrons. The summed E-state index contributed by atoms with van der Waals surface area (Å²) in [5.41, 5.74) is 2.49. The maximum absolute atomic E-state index is 5.26. The zero-order valence-corrected chi connectivity index (χ0v) is 8.61. The third kappa shape index (κ3) is 2.64. The van der Waals surface area contributed by atoms with Gasteiger partial charge in [-0.3, -0.25) is 0 Å². The molecular weight excluding hydrogens is 210 g/mol. The number of nitrogen functional groups attached to an aromatic ring is 1. The Hall–Kier alpha value is -1.66. The number of hydrogen-bond acceptors (Lipinski definition) is 6. The molecule has 0 aromatic carbocycles. The van der Waals surface area contributed by atoms with Crippen molar-refractivity contribution in [3.8, 4) is 0 Å². The van der Waals surface area contributed by atoms with Crippen molar-refractivity contribution < 1.29 is 0 Å². The smallest absolute Gasteiger partial charge is 0.192 e. The minimum atomic E-state index is 0.621. The van der Waals surface area contributed by atoms with Crippen molar-refractivity contribution >= 4 is 17.6 Å². The summed E-state index contributed by atoms with van der Waals surface area (Å²) in [6, 6.07) is 5.49. The van der Waals surface area contributed by atoms with Crippen LogP contribution in [0.1, 0.15) is 0 Å². The summed E-state index contributed by atoms with van der Waals surface area (Å²) in [6.07, 6.45) is 5.09. The van der Waals surface area contributed by atoms with Crippen molar-refractivity contribution in [3.05, 3.63) is 36.8 Å². The molecule has 0 saturated carbocycles.